The molecule has 4 rings (SSSR count). The van der Waals surface area contributed by atoms with Gasteiger partial charge in [-0.2, -0.15) is 4.31 Å². The molecule has 2 aromatic carbocycles. The molecule has 0 aromatic heterocycles. The van der Waals surface area contributed by atoms with Crippen LogP contribution in [-0.4, -0.2) is 51.9 Å². The van der Waals surface area contributed by atoms with E-state index in [0.717, 1.165) is 31.5 Å². The summed E-state index contributed by atoms with van der Waals surface area (Å²) < 4.78 is 33.1. The third-order valence-electron chi connectivity index (χ3n) is 6.66. The maximum atomic E-state index is 13.1. The molecule has 0 radical (unpaired) electrons. The number of sulfonamides is 1. The molecule has 0 spiro atoms. The summed E-state index contributed by atoms with van der Waals surface area (Å²) in [7, 11) is -2.18. The fourth-order valence-electron chi connectivity index (χ4n) is 4.48. The topological polar surface area (TPSA) is 79.0 Å². The van der Waals surface area contributed by atoms with E-state index >= 15 is 0 Å². The molecule has 1 amide bonds. The lowest BCUT2D eigenvalue weighted by molar-refractivity contribution is 0.0947. The maximum Gasteiger partial charge on any atom is 0.255 e. The number of anilines is 1. The minimum absolute atomic E-state index is 0.123. The van der Waals surface area contributed by atoms with Crippen molar-refractivity contribution in [3.8, 4) is 5.75 Å². The van der Waals surface area contributed by atoms with Crippen molar-refractivity contribution in [2.24, 2.45) is 5.92 Å². The average Bonchev–Trinajstić information content (AvgIpc) is 3.38. The first-order valence-electron chi connectivity index (χ1n) is 11.7. The van der Waals surface area contributed by atoms with Crippen molar-refractivity contribution in [2.75, 3.05) is 38.2 Å². The molecule has 2 aliphatic heterocycles. The number of benzene rings is 2. The second-order valence-corrected chi connectivity index (χ2v) is 10.9. The number of piperidine rings is 1. The van der Waals surface area contributed by atoms with Gasteiger partial charge in [-0.15, -0.1) is 0 Å². The van der Waals surface area contributed by atoms with E-state index in [-0.39, 0.29) is 16.4 Å². The summed E-state index contributed by atoms with van der Waals surface area (Å²) >= 11 is 0. The summed E-state index contributed by atoms with van der Waals surface area (Å²) in [4.78, 5) is 15.5. The van der Waals surface area contributed by atoms with Gasteiger partial charge in [0.05, 0.1) is 17.6 Å². The molecule has 33 heavy (non-hydrogen) atoms. The van der Waals surface area contributed by atoms with Crippen LogP contribution in [0.3, 0.4) is 0 Å². The Bertz CT molecular complexity index is 1070. The summed E-state index contributed by atoms with van der Waals surface area (Å²) in [6.07, 6.45) is 4.15. The lowest BCUT2D eigenvalue weighted by Crippen LogP contribution is -2.38. The van der Waals surface area contributed by atoms with E-state index in [2.05, 4.69) is 29.3 Å². The summed E-state index contributed by atoms with van der Waals surface area (Å²) in [6.45, 7) is 5.68. The van der Waals surface area contributed by atoms with Crippen molar-refractivity contribution in [2.45, 2.75) is 44.0 Å². The zero-order valence-corrected chi connectivity index (χ0v) is 20.2. The molecule has 0 aliphatic carbocycles. The Kier molecular flexibility index (Phi) is 7.24. The maximum absolute atomic E-state index is 13.1. The fourth-order valence-corrected chi connectivity index (χ4v) is 5.97. The van der Waals surface area contributed by atoms with E-state index in [9.17, 15) is 13.2 Å². The van der Waals surface area contributed by atoms with Gasteiger partial charge in [-0.25, -0.2) is 8.42 Å². The number of rotatable bonds is 7. The summed E-state index contributed by atoms with van der Waals surface area (Å²) in [5, 5.41) is 2.90. The second kappa shape index (κ2) is 10.1. The number of nitrogens with one attached hydrogen (secondary N) is 1. The number of amides is 1. The van der Waals surface area contributed by atoms with Gasteiger partial charge in [0, 0.05) is 38.4 Å². The van der Waals surface area contributed by atoms with Gasteiger partial charge < -0.3 is 15.0 Å². The van der Waals surface area contributed by atoms with Crippen molar-refractivity contribution in [1.82, 2.24) is 9.62 Å². The monoisotopic (exact) mass is 471 g/mol. The summed E-state index contributed by atoms with van der Waals surface area (Å²) in [5.41, 5.74) is 2.41. The first kappa shape index (κ1) is 23.6. The van der Waals surface area contributed by atoms with E-state index in [4.69, 9.17) is 4.74 Å². The van der Waals surface area contributed by atoms with E-state index in [1.54, 1.807) is 6.07 Å². The van der Waals surface area contributed by atoms with Gasteiger partial charge in [0.25, 0.3) is 5.91 Å². The van der Waals surface area contributed by atoms with Gasteiger partial charge in [-0.1, -0.05) is 19.1 Å². The van der Waals surface area contributed by atoms with Crippen LogP contribution in [-0.2, 0) is 16.6 Å². The van der Waals surface area contributed by atoms with Crippen molar-refractivity contribution in [3.05, 3.63) is 53.6 Å². The van der Waals surface area contributed by atoms with E-state index in [0.29, 0.717) is 31.3 Å². The van der Waals surface area contributed by atoms with E-state index in [1.807, 2.05) is 12.1 Å². The molecule has 8 heteroatoms. The lowest BCUT2D eigenvalue weighted by atomic mass is 10.0. The molecule has 2 fully saturated rings. The van der Waals surface area contributed by atoms with Gasteiger partial charge in [-0.3, -0.25) is 4.79 Å². The van der Waals surface area contributed by atoms with Crippen LogP contribution in [0.1, 0.15) is 48.5 Å². The number of carbonyl (C=O) groups excluding carboxylic acids is 1. The first-order chi connectivity index (χ1) is 15.9. The van der Waals surface area contributed by atoms with Gasteiger partial charge in [0.1, 0.15) is 5.75 Å². The minimum atomic E-state index is -3.65. The Hall–Kier alpha value is -2.58. The van der Waals surface area contributed by atoms with Crippen LogP contribution in [0.15, 0.2) is 47.4 Å². The number of hydrogen-bond donors (Lipinski definition) is 1. The highest BCUT2D eigenvalue weighted by molar-refractivity contribution is 7.89. The molecule has 0 atom stereocenters. The molecule has 2 saturated heterocycles. The van der Waals surface area contributed by atoms with Crippen LogP contribution in [0.2, 0.25) is 0 Å². The Balaban J connectivity index is 1.46. The highest BCUT2D eigenvalue weighted by atomic mass is 32.2. The molecule has 178 valence electrons. The minimum Gasteiger partial charge on any atom is -0.496 e. The van der Waals surface area contributed by atoms with Crippen LogP contribution < -0.4 is 15.0 Å². The highest BCUT2D eigenvalue weighted by Gasteiger charge is 2.29. The number of carbonyl (C=O) groups is 1. The highest BCUT2D eigenvalue weighted by Crippen LogP contribution is 2.28. The first-order valence-corrected chi connectivity index (χ1v) is 13.1. The molecule has 1 N–H and O–H groups in total. The molecule has 0 saturated carbocycles. The van der Waals surface area contributed by atoms with Crippen molar-refractivity contribution in [3.63, 3.8) is 0 Å². The Morgan fingerprint density at radius 3 is 2.33 bits per heavy atom. The van der Waals surface area contributed by atoms with Gasteiger partial charge in [-0.05, 0) is 67.5 Å². The molecule has 0 unspecified atom stereocenters. The van der Waals surface area contributed by atoms with Crippen molar-refractivity contribution in [1.29, 1.82) is 0 Å². The van der Waals surface area contributed by atoms with Crippen LogP contribution in [0.4, 0.5) is 5.69 Å². The zero-order valence-electron chi connectivity index (χ0n) is 19.4. The third kappa shape index (κ3) is 5.33. The van der Waals surface area contributed by atoms with E-state index < -0.39 is 10.0 Å². The number of ether oxygens (including phenoxy) is 1. The van der Waals surface area contributed by atoms with Crippen molar-refractivity contribution >= 4 is 21.6 Å². The standard InChI is InChI=1S/C25H33N3O4S/c1-19-11-15-28(16-12-19)33(30,31)22-9-10-24(32-2)23(17-22)25(29)26-18-20-5-7-21(8-6-20)27-13-3-4-14-27/h5-10,17,19H,3-4,11-16,18H2,1-2H3,(H,26,29). The van der Waals surface area contributed by atoms with Crippen molar-refractivity contribution < 1.29 is 17.9 Å². The number of nitrogens with zero attached hydrogens (tertiary/aromatic N) is 2. The van der Waals surface area contributed by atoms with Gasteiger partial charge >= 0.3 is 0 Å². The summed E-state index contributed by atoms with van der Waals surface area (Å²) in [5.74, 6) is 0.515. The predicted octanol–water partition coefficient (Wildman–Crippen LogP) is 3.65. The Labute approximate surface area is 196 Å². The molecular weight excluding hydrogens is 438 g/mol. The van der Waals surface area contributed by atoms with Gasteiger partial charge in [0.15, 0.2) is 0 Å². The SMILES string of the molecule is COc1ccc(S(=O)(=O)N2CCC(C)CC2)cc1C(=O)NCc1ccc(N2CCCC2)cc1. The number of methoxy groups -OCH3 is 1. The molecule has 2 aliphatic rings. The molecule has 0 bridgehead atoms. The molecule has 2 aromatic rings. The van der Waals surface area contributed by atoms with Gasteiger partial charge in [0.2, 0.25) is 10.0 Å². The van der Waals surface area contributed by atoms with Crippen LogP contribution >= 0.6 is 0 Å². The second-order valence-electron chi connectivity index (χ2n) is 8.99. The lowest BCUT2D eigenvalue weighted by Gasteiger charge is -2.29. The Morgan fingerprint density at radius 1 is 1.03 bits per heavy atom. The smallest absolute Gasteiger partial charge is 0.255 e. The normalized spacial score (nSPS) is 17.8. The predicted molar refractivity (Wildman–Crippen MR) is 129 cm³/mol. The largest absolute Gasteiger partial charge is 0.496 e. The average molecular weight is 472 g/mol. The van der Waals surface area contributed by atoms with Crippen LogP contribution in [0.5, 0.6) is 5.75 Å². The molecule has 7 nitrogen and oxygen atoms in total. The zero-order chi connectivity index (χ0) is 23.4. The van der Waals surface area contributed by atoms with Crippen LogP contribution in [0, 0.1) is 5.92 Å². The Morgan fingerprint density at radius 2 is 1.70 bits per heavy atom. The van der Waals surface area contributed by atoms with E-state index in [1.165, 1.54) is 42.1 Å². The number of hydrogen-bond acceptors (Lipinski definition) is 5. The quantitative estimate of drug-likeness (QED) is 0.667. The van der Waals surface area contributed by atoms with Crippen LogP contribution in [0.25, 0.3) is 0 Å². The molecule has 2 heterocycles. The fraction of sp³-hybridized carbons (Fsp3) is 0.480. The third-order valence-corrected chi connectivity index (χ3v) is 8.55. The summed E-state index contributed by atoms with van der Waals surface area (Å²) in [6, 6.07) is 12.7. The molecular formula is C25H33N3O4S.